The zero-order valence-electron chi connectivity index (χ0n) is 14.1. The van der Waals surface area contributed by atoms with Crippen LogP contribution in [0.4, 0.5) is 0 Å². The zero-order valence-corrected chi connectivity index (χ0v) is 14.9. The summed E-state index contributed by atoms with van der Waals surface area (Å²) in [4.78, 5) is 1.36. The summed E-state index contributed by atoms with van der Waals surface area (Å²) >= 11 is 1.82. The first kappa shape index (κ1) is 16.9. The molecular formula is C19H31NS. The summed E-state index contributed by atoms with van der Waals surface area (Å²) in [6.07, 6.45) is 7.50. The number of benzene rings is 1. The summed E-state index contributed by atoms with van der Waals surface area (Å²) < 4.78 is 0. The molecule has 2 heteroatoms. The average molecular weight is 306 g/mol. The molecule has 0 spiro atoms. The van der Waals surface area contributed by atoms with Crippen LogP contribution >= 0.6 is 11.8 Å². The minimum Gasteiger partial charge on any atom is -0.310 e. The molecule has 0 heterocycles. The minimum absolute atomic E-state index is 0.533. The molecule has 1 fully saturated rings. The van der Waals surface area contributed by atoms with E-state index in [0.717, 1.165) is 24.3 Å². The highest BCUT2D eigenvalue weighted by atomic mass is 32.2. The third-order valence-electron chi connectivity index (χ3n) is 4.78. The smallest absolute Gasteiger partial charge is 0.0348 e. The van der Waals surface area contributed by atoms with Gasteiger partial charge in [0.15, 0.2) is 0 Å². The number of nitrogens with one attached hydrogen (secondary N) is 1. The third kappa shape index (κ3) is 4.75. The van der Waals surface area contributed by atoms with Gasteiger partial charge in [-0.1, -0.05) is 32.9 Å². The first-order valence-electron chi connectivity index (χ1n) is 8.51. The van der Waals surface area contributed by atoms with Crippen LogP contribution in [0.3, 0.4) is 0 Å². The van der Waals surface area contributed by atoms with E-state index in [1.807, 2.05) is 11.8 Å². The number of hydrogen-bond acceptors (Lipinski definition) is 2. The third-order valence-corrected chi connectivity index (χ3v) is 5.52. The maximum Gasteiger partial charge on any atom is 0.0348 e. The summed E-state index contributed by atoms with van der Waals surface area (Å²) in [6.45, 7) is 8.23. The van der Waals surface area contributed by atoms with Crippen LogP contribution in [-0.2, 0) is 0 Å². The molecule has 3 unspecified atom stereocenters. The van der Waals surface area contributed by atoms with Crippen LogP contribution < -0.4 is 5.32 Å². The van der Waals surface area contributed by atoms with Gasteiger partial charge in [0.05, 0.1) is 0 Å². The van der Waals surface area contributed by atoms with Crippen LogP contribution in [0.2, 0.25) is 0 Å². The molecule has 0 radical (unpaired) electrons. The van der Waals surface area contributed by atoms with Gasteiger partial charge in [-0.05, 0) is 73.9 Å². The van der Waals surface area contributed by atoms with Crippen LogP contribution in [0.15, 0.2) is 29.2 Å². The van der Waals surface area contributed by atoms with Gasteiger partial charge in [0.1, 0.15) is 0 Å². The van der Waals surface area contributed by atoms with E-state index in [1.54, 1.807) is 0 Å². The molecule has 1 saturated carbocycles. The molecule has 2 rings (SSSR count). The van der Waals surface area contributed by atoms with E-state index in [2.05, 4.69) is 56.6 Å². The van der Waals surface area contributed by atoms with Gasteiger partial charge in [-0.25, -0.2) is 0 Å². The lowest BCUT2D eigenvalue weighted by Crippen LogP contribution is -2.33. The Kier molecular flexibility index (Phi) is 6.63. The maximum atomic E-state index is 3.83. The second-order valence-corrected chi connectivity index (χ2v) is 7.76. The summed E-state index contributed by atoms with van der Waals surface area (Å²) in [5.74, 6) is 2.53. The van der Waals surface area contributed by atoms with Crippen LogP contribution in [-0.4, -0.2) is 12.8 Å². The molecular weight excluding hydrogens is 274 g/mol. The van der Waals surface area contributed by atoms with Crippen molar-refractivity contribution in [1.82, 2.24) is 5.32 Å². The van der Waals surface area contributed by atoms with E-state index >= 15 is 0 Å². The van der Waals surface area contributed by atoms with Gasteiger partial charge in [-0.3, -0.25) is 0 Å². The molecule has 1 N–H and O–H groups in total. The van der Waals surface area contributed by atoms with Crippen LogP contribution in [0.1, 0.15) is 58.1 Å². The lowest BCUT2D eigenvalue weighted by atomic mass is 9.72. The summed E-state index contributed by atoms with van der Waals surface area (Å²) in [6, 6.07) is 9.75. The predicted molar refractivity (Wildman–Crippen MR) is 94.9 cm³/mol. The Morgan fingerprint density at radius 3 is 2.24 bits per heavy atom. The largest absolute Gasteiger partial charge is 0.310 e. The fourth-order valence-electron chi connectivity index (χ4n) is 3.95. The molecule has 1 aromatic rings. The molecule has 1 aromatic carbocycles. The lowest BCUT2D eigenvalue weighted by molar-refractivity contribution is 0.176. The monoisotopic (exact) mass is 305 g/mol. The molecule has 0 aromatic heterocycles. The molecule has 118 valence electrons. The van der Waals surface area contributed by atoms with Crippen molar-refractivity contribution in [2.75, 3.05) is 12.8 Å². The Morgan fingerprint density at radius 2 is 1.71 bits per heavy atom. The Bertz CT molecular complexity index is 404. The Hall–Kier alpha value is -0.470. The van der Waals surface area contributed by atoms with Crippen molar-refractivity contribution < 1.29 is 0 Å². The molecule has 1 aliphatic rings. The van der Waals surface area contributed by atoms with E-state index < -0.39 is 0 Å². The molecule has 0 aliphatic heterocycles. The van der Waals surface area contributed by atoms with Crippen molar-refractivity contribution >= 4 is 11.8 Å². The van der Waals surface area contributed by atoms with Crippen LogP contribution in [0, 0.1) is 17.8 Å². The highest BCUT2D eigenvalue weighted by Crippen LogP contribution is 2.40. The van der Waals surface area contributed by atoms with Crippen molar-refractivity contribution in [3.63, 3.8) is 0 Å². The second-order valence-electron chi connectivity index (χ2n) is 6.88. The molecule has 3 atom stereocenters. The molecule has 0 saturated heterocycles. The Morgan fingerprint density at radius 1 is 1.10 bits per heavy atom. The fourth-order valence-corrected chi connectivity index (χ4v) is 4.36. The van der Waals surface area contributed by atoms with Crippen molar-refractivity contribution in [1.29, 1.82) is 0 Å². The van der Waals surface area contributed by atoms with Crippen molar-refractivity contribution in [3.8, 4) is 0 Å². The molecule has 1 nitrogen and oxygen atoms in total. The highest BCUT2D eigenvalue weighted by molar-refractivity contribution is 7.98. The number of hydrogen-bond donors (Lipinski definition) is 1. The van der Waals surface area contributed by atoms with Crippen molar-refractivity contribution in [2.45, 2.75) is 57.4 Å². The van der Waals surface area contributed by atoms with E-state index in [-0.39, 0.29) is 0 Å². The normalized spacial score (nSPS) is 27.5. The maximum absolute atomic E-state index is 3.83. The topological polar surface area (TPSA) is 12.0 Å². The predicted octanol–water partition coefficient (Wildman–Crippen LogP) is 5.52. The Labute approximate surface area is 135 Å². The van der Waals surface area contributed by atoms with Gasteiger partial charge in [-0.15, -0.1) is 11.8 Å². The van der Waals surface area contributed by atoms with Gasteiger partial charge in [0.2, 0.25) is 0 Å². The Balaban J connectivity index is 2.15. The van der Waals surface area contributed by atoms with Gasteiger partial charge in [0, 0.05) is 10.9 Å². The highest BCUT2D eigenvalue weighted by Gasteiger charge is 2.30. The minimum atomic E-state index is 0.533. The molecule has 1 aliphatic carbocycles. The molecule has 21 heavy (non-hydrogen) atoms. The standard InChI is InChI=1S/C19H31NS/c1-5-10-20-19(16-6-8-18(21-4)9-7-16)17-12-14(2)11-15(3)13-17/h6-9,14-15,17,19-20H,5,10-13H2,1-4H3. The summed E-state index contributed by atoms with van der Waals surface area (Å²) in [5.41, 5.74) is 1.48. The summed E-state index contributed by atoms with van der Waals surface area (Å²) in [7, 11) is 0. The van der Waals surface area contributed by atoms with Gasteiger partial charge in [-0.2, -0.15) is 0 Å². The quantitative estimate of drug-likeness (QED) is 0.694. The number of thioether (sulfide) groups is 1. The number of rotatable bonds is 6. The van der Waals surface area contributed by atoms with Crippen LogP contribution in [0.5, 0.6) is 0 Å². The first-order valence-corrected chi connectivity index (χ1v) is 9.73. The van der Waals surface area contributed by atoms with E-state index in [1.165, 1.54) is 36.1 Å². The van der Waals surface area contributed by atoms with Crippen molar-refractivity contribution in [2.24, 2.45) is 17.8 Å². The molecule has 0 amide bonds. The van der Waals surface area contributed by atoms with E-state index in [0.29, 0.717) is 6.04 Å². The van der Waals surface area contributed by atoms with E-state index in [9.17, 15) is 0 Å². The fraction of sp³-hybridized carbons (Fsp3) is 0.684. The van der Waals surface area contributed by atoms with E-state index in [4.69, 9.17) is 0 Å². The van der Waals surface area contributed by atoms with Gasteiger partial charge >= 0.3 is 0 Å². The lowest BCUT2D eigenvalue weighted by Gasteiger charge is -2.37. The van der Waals surface area contributed by atoms with Crippen molar-refractivity contribution in [3.05, 3.63) is 29.8 Å². The SMILES string of the molecule is CCCNC(c1ccc(SC)cc1)C1CC(C)CC(C)C1. The average Bonchev–Trinajstić information content (AvgIpc) is 2.47. The second kappa shape index (κ2) is 8.24. The van der Waals surface area contributed by atoms with Gasteiger partial charge in [0.25, 0.3) is 0 Å². The first-order chi connectivity index (χ1) is 10.1. The molecule has 0 bridgehead atoms. The van der Waals surface area contributed by atoms with Crippen LogP contribution in [0.25, 0.3) is 0 Å². The summed E-state index contributed by atoms with van der Waals surface area (Å²) in [5, 5.41) is 3.83. The van der Waals surface area contributed by atoms with Gasteiger partial charge < -0.3 is 5.32 Å². The zero-order chi connectivity index (χ0) is 15.2.